The van der Waals surface area contributed by atoms with E-state index >= 15 is 0 Å². The molecule has 1 aliphatic rings. The molecule has 0 aromatic heterocycles. The quantitative estimate of drug-likeness (QED) is 0.847. The number of amides is 1. The zero-order valence-electron chi connectivity index (χ0n) is 14.2. The van der Waals surface area contributed by atoms with Crippen LogP contribution in [-0.2, 0) is 11.3 Å². The molecule has 1 N–H and O–H groups in total. The molecule has 5 heteroatoms. The van der Waals surface area contributed by atoms with Crippen molar-refractivity contribution in [3.8, 4) is 5.75 Å². The molecule has 25 heavy (non-hydrogen) atoms. The van der Waals surface area contributed by atoms with Crippen molar-refractivity contribution in [3.05, 3.63) is 59.1 Å². The van der Waals surface area contributed by atoms with Crippen molar-refractivity contribution in [2.45, 2.75) is 25.8 Å². The van der Waals surface area contributed by atoms with Gasteiger partial charge in [-0.05, 0) is 49.1 Å². The average Bonchev–Trinajstić information content (AvgIpc) is 2.67. The summed E-state index contributed by atoms with van der Waals surface area (Å²) in [5, 5.41) is 3.37. The van der Waals surface area contributed by atoms with Gasteiger partial charge in [-0.15, -0.1) is 0 Å². The summed E-state index contributed by atoms with van der Waals surface area (Å²) in [5.74, 6) is 0.352. The predicted octanol–water partition coefficient (Wildman–Crippen LogP) is 4.03. The summed E-state index contributed by atoms with van der Waals surface area (Å²) in [6, 6.07) is 15.5. The Morgan fingerprint density at radius 3 is 2.48 bits per heavy atom. The number of rotatable bonds is 6. The summed E-state index contributed by atoms with van der Waals surface area (Å²) < 4.78 is 5.43. The van der Waals surface area contributed by atoms with Gasteiger partial charge in [-0.25, -0.2) is 0 Å². The van der Waals surface area contributed by atoms with Crippen LogP contribution in [0.1, 0.15) is 24.8 Å². The minimum Gasteiger partial charge on any atom is -0.482 e. The lowest BCUT2D eigenvalue weighted by Gasteiger charge is -2.28. The normalized spacial score (nSPS) is 14.2. The van der Waals surface area contributed by atoms with Crippen molar-refractivity contribution in [1.29, 1.82) is 0 Å². The van der Waals surface area contributed by atoms with Gasteiger partial charge >= 0.3 is 0 Å². The topological polar surface area (TPSA) is 41.6 Å². The molecule has 132 valence electrons. The standard InChI is InChI=1S/C20H23ClN2O2/c21-18-6-2-3-7-19(18)25-15-20(24)22-14-16-8-10-17(11-9-16)23-12-4-1-5-13-23/h2-3,6-11H,1,4-5,12-15H2,(H,22,24). The molecule has 4 nitrogen and oxygen atoms in total. The Kier molecular flexibility index (Phi) is 6.18. The highest BCUT2D eigenvalue weighted by Crippen LogP contribution is 2.23. The van der Waals surface area contributed by atoms with Gasteiger partial charge in [0.25, 0.3) is 5.91 Å². The van der Waals surface area contributed by atoms with Gasteiger partial charge in [0.05, 0.1) is 5.02 Å². The molecule has 0 spiro atoms. The predicted molar refractivity (Wildman–Crippen MR) is 101 cm³/mol. The minimum absolute atomic E-state index is 0.0460. The molecule has 1 fully saturated rings. The largest absolute Gasteiger partial charge is 0.482 e. The lowest BCUT2D eigenvalue weighted by molar-refractivity contribution is -0.123. The summed E-state index contributed by atoms with van der Waals surface area (Å²) >= 11 is 6.00. The third-order valence-corrected chi connectivity index (χ3v) is 4.65. The Balaban J connectivity index is 1.44. The first-order valence-electron chi connectivity index (χ1n) is 8.70. The molecule has 2 aromatic carbocycles. The zero-order valence-corrected chi connectivity index (χ0v) is 15.0. The van der Waals surface area contributed by atoms with Crippen LogP contribution in [0.25, 0.3) is 0 Å². The maximum absolute atomic E-state index is 11.9. The number of nitrogens with zero attached hydrogens (tertiary/aromatic N) is 1. The lowest BCUT2D eigenvalue weighted by atomic mass is 10.1. The van der Waals surface area contributed by atoms with Gasteiger partial charge < -0.3 is 15.0 Å². The number of carbonyl (C=O) groups excluding carboxylic acids is 1. The second-order valence-electron chi connectivity index (χ2n) is 6.21. The number of piperidine rings is 1. The van der Waals surface area contributed by atoms with Crippen molar-refractivity contribution in [3.63, 3.8) is 0 Å². The first-order valence-corrected chi connectivity index (χ1v) is 9.08. The van der Waals surface area contributed by atoms with Crippen LogP contribution in [-0.4, -0.2) is 25.6 Å². The number of hydrogen-bond acceptors (Lipinski definition) is 3. The van der Waals surface area contributed by atoms with Gasteiger partial charge in [-0.1, -0.05) is 35.9 Å². The Morgan fingerprint density at radius 1 is 1.04 bits per heavy atom. The summed E-state index contributed by atoms with van der Waals surface area (Å²) in [4.78, 5) is 14.3. The van der Waals surface area contributed by atoms with Gasteiger partial charge in [-0.2, -0.15) is 0 Å². The number of ether oxygens (including phenoxy) is 1. The number of hydrogen-bond donors (Lipinski definition) is 1. The van der Waals surface area contributed by atoms with Crippen molar-refractivity contribution >= 4 is 23.2 Å². The van der Waals surface area contributed by atoms with Crippen molar-refractivity contribution in [2.24, 2.45) is 0 Å². The van der Waals surface area contributed by atoms with Crippen LogP contribution in [0.5, 0.6) is 5.75 Å². The highest BCUT2D eigenvalue weighted by Gasteiger charge is 2.10. The first kappa shape index (κ1) is 17.6. The van der Waals surface area contributed by atoms with E-state index in [1.54, 1.807) is 12.1 Å². The molecule has 2 aromatic rings. The summed E-state index contributed by atoms with van der Waals surface area (Å²) in [6.07, 6.45) is 3.86. The van der Waals surface area contributed by atoms with Crippen LogP contribution in [0.15, 0.2) is 48.5 Å². The van der Waals surface area contributed by atoms with E-state index in [1.165, 1.54) is 24.9 Å². The maximum Gasteiger partial charge on any atom is 0.258 e. The first-order chi connectivity index (χ1) is 12.2. The summed E-state index contributed by atoms with van der Waals surface area (Å²) in [6.45, 7) is 2.71. The van der Waals surface area contributed by atoms with Gasteiger partial charge in [0.15, 0.2) is 6.61 Å². The number of nitrogens with one attached hydrogen (secondary N) is 1. The van der Waals surface area contributed by atoms with Crippen LogP contribution in [0, 0.1) is 0 Å². The highest BCUT2D eigenvalue weighted by atomic mass is 35.5. The van der Waals surface area contributed by atoms with Gasteiger partial charge in [0.1, 0.15) is 5.75 Å². The Labute approximate surface area is 153 Å². The van der Waals surface area contributed by atoms with Crippen molar-refractivity contribution in [1.82, 2.24) is 5.32 Å². The molecule has 0 bridgehead atoms. The SMILES string of the molecule is O=C(COc1ccccc1Cl)NCc1ccc(N2CCCCC2)cc1. The lowest BCUT2D eigenvalue weighted by Crippen LogP contribution is -2.29. The smallest absolute Gasteiger partial charge is 0.258 e. The van der Waals surface area contributed by atoms with E-state index in [2.05, 4.69) is 34.5 Å². The molecule has 0 radical (unpaired) electrons. The highest BCUT2D eigenvalue weighted by molar-refractivity contribution is 6.32. The van der Waals surface area contributed by atoms with E-state index in [9.17, 15) is 4.79 Å². The van der Waals surface area contributed by atoms with E-state index in [-0.39, 0.29) is 12.5 Å². The third-order valence-electron chi connectivity index (χ3n) is 4.34. The molecular weight excluding hydrogens is 336 g/mol. The second-order valence-corrected chi connectivity index (χ2v) is 6.62. The van der Waals surface area contributed by atoms with E-state index in [0.29, 0.717) is 17.3 Å². The second kappa shape index (κ2) is 8.77. The molecule has 1 amide bonds. The van der Waals surface area contributed by atoms with Crippen molar-refractivity contribution in [2.75, 3.05) is 24.6 Å². The molecule has 1 heterocycles. The zero-order chi connectivity index (χ0) is 17.5. The number of anilines is 1. The van der Waals surface area contributed by atoms with Crippen molar-refractivity contribution < 1.29 is 9.53 Å². The van der Waals surface area contributed by atoms with E-state index in [1.807, 2.05) is 12.1 Å². The van der Waals surface area contributed by atoms with Crippen LogP contribution in [0.2, 0.25) is 5.02 Å². The van der Waals surface area contributed by atoms with Crippen LogP contribution >= 0.6 is 11.6 Å². The third kappa shape index (κ3) is 5.13. The van der Waals surface area contributed by atoms with Gasteiger partial charge in [0.2, 0.25) is 0 Å². The van der Waals surface area contributed by atoms with E-state index in [4.69, 9.17) is 16.3 Å². The number of benzene rings is 2. The fourth-order valence-electron chi connectivity index (χ4n) is 2.93. The molecule has 0 atom stereocenters. The molecular formula is C20H23ClN2O2. The van der Waals surface area contributed by atoms with Gasteiger partial charge in [0, 0.05) is 25.3 Å². The van der Waals surface area contributed by atoms with Crippen LogP contribution in [0.4, 0.5) is 5.69 Å². The Morgan fingerprint density at radius 2 is 1.76 bits per heavy atom. The fraction of sp³-hybridized carbons (Fsp3) is 0.350. The van der Waals surface area contributed by atoms with Crippen LogP contribution in [0.3, 0.4) is 0 Å². The molecule has 0 unspecified atom stereocenters. The number of carbonyl (C=O) groups is 1. The molecule has 0 aliphatic carbocycles. The summed E-state index contributed by atoms with van der Waals surface area (Å²) in [5.41, 5.74) is 2.34. The summed E-state index contributed by atoms with van der Waals surface area (Å²) in [7, 11) is 0. The van der Waals surface area contributed by atoms with E-state index < -0.39 is 0 Å². The Bertz CT molecular complexity index is 697. The monoisotopic (exact) mass is 358 g/mol. The number of para-hydroxylation sites is 1. The number of halogens is 1. The van der Waals surface area contributed by atoms with E-state index in [0.717, 1.165) is 18.7 Å². The maximum atomic E-state index is 11.9. The molecule has 1 saturated heterocycles. The van der Waals surface area contributed by atoms with Crippen LogP contribution < -0.4 is 15.0 Å². The molecule has 3 rings (SSSR count). The minimum atomic E-state index is -0.167. The van der Waals surface area contributed by atoms with Gasteiger partial charge in [-0.3, -0.25) is 4.79 Å². The molecule has 1 aliphatic heterocycles. The average molecular weight is 359 g/mol. The fourth-order valence-corrected chi connectivity index (χ4v) is 3.12. The Hall–Kier alpha value is -2.20. The molecule has 0 saturated carbocycles.